The zero-order chi connectivity index (χ0) is 26.9. The Morgan fingerprint density at radius 2 is 1.73 bits per heavy atom. The van der Waals surface area contributed by atoms with Crippen molar-refractivity contribution in [2.24, 2.45) is 0 Å². The zero-order valence-corrected chi connectivity index (χ0v) is 22.8. The molecule has 3 rings (SSSR count). The highest BCUT2D eigenvalue weighted by molar-refractivity contribution is 6.05. The van der Waals surface area contributed by atoms with Gasteiger partial charge in [0.1, 0.15) is 11.3 Å². The van der Waals surface area contributed by atoms with Gasteiger partial charge in [0.05, 0.1) is 11.8 Å². The van der Waals surface area contributed by atoms with Gasteiger partial charge in [-0.15, -0.1) is 0 Å². The number of ether oxygens (including phenoxy) is 1. The first-order valence-corrected chi connectivity index (χ1v) is 13.5. The van der Waals surface area contributed by atoms with Gasteiger partial charge in [-0.05, 0) is 34.1 Å². The largest absolute Gasteiger partial charge is 0.459 e. The van der Waals surface area contributed by atoms with E-state index in [1.807, 2.05) is 42.2 Å². The van der Waals surface area contributed by atoms with E-state index in [2.05, 4.69) is 16.9 Å². The van der Waals surface area contributed by atoms with E-state index >= 15 is 0 Å². The Labute approximate surface area is 220 Å². The summed E-state index contributed by atoms with van der Waals surface area (Å²) in [6, 6.07) is 9.25. The van der Waals surface area contributed by atoms with Crippen molar-refractivity contribution < 1.29 is 19.1 Å². The van der Waals surface area contributed by atoms with Gasteiger partial charge in [0, 0.05) is 37.7 Å². The summed E-state index contributed by atoms with van der Waals surface area (Å²) >= 11 is 0. The van der Waals surface area contributed by atoms with Gasteiger partial charge in [-0.25, -0.2) is 14.8 Å². The van der Waals surface area contributed by atoms with E-state index in [1.54, 1.807) is 25.7 Å². The lowest BCUT2D eigenvalue weighted by Crippen LogP contribution is -2.55. The zero-order valence-electron chi connectivity index (χ0n) is 22.8. The van der Waals surface area contributed by atoms with E-state index in [1.165, 1.54) is 12.8 Å². The molecule has 1 aromatic carbocycles. The van der Waals surface area contributed by atoms with Gasteiger partial charge in [-0.1, -0.05) is 62.9 Å². The predicted octanol–water partition coefficient (Wildman–Crippen LogP) is 5.05. The molecule has 200 valence electrons. The van der Waals surface area contributed by atoms with Gasteiger partial charge in [0.25, 0.3) is 5.91 Å². The van der Waals surface area contributed by atoms with Crippen LogP contribution >= 0.6 is 0 Å². The van der Waals surface area contributed by atoms with Crippen molar-refractivity contribution in [1.82, 2.24) is 19.8 Å². The molecule has 0 aliphatic carbocycles. The fraction of sp³-hybridized carbons (Fsp3) is 0.552. The highest BCUT2D eigenvalue weighted by Crippen LogP contribution is 2.23. The SMILES string of the molecule is CCCCCCCC(=O)N1CCN(C(=O)c2nc(-c3ccccc3)nc(C)c2C(=O)OC(C)C)CC1C. The van der Waals surface area contributed by atoms with E-state index in [0.717, 1.165) is 24.8 Å². The normalized spacial score (nSPS) is 15.7. The molecule has 0 bridgehead atoms. The number of carbonyl (C=O) groups excluding carboxylic acids is 3. The third-order valence-electron chi connectivity index (χ3n) is 6.60. The van der Waals surface area contributed by atoms with Crippen LogP contribution in [0, 0.1) is 6.92 Å². The summed E-state index contributed by atoms with van der Waals surface area (Å²) in [5, 5.41) is 0. The average Bonchev–Trinajstić information content (AvgIpc) is 2.87. The van der Waals surface area contributed by atoms with E-state index in [0.29, 0.717) is 37.6 Å². The molecule has 1 aromatic heterocycles. The summed E-state index contributed by atoms with van der Waals surface area (Å²) in [4.78, 5) is 52.2. The molecule has 1 atom stereocenters. The highest BCUT2D eigenvalue weighted by Gasteiger charge is 2.34. The molecule has 0 saturated carbocycles. The molecule has 37 heavy (non-hydrogen) atoms. The van der Waals surface area contributed by atoms with Crippen LogP contribution in [-0.4, -0.2) is 69.3 Å². The first-order valence-electron chi connectivity index (χ1n) is 13.5. The van der Waals surface area contributed by atoms with Crippen molar-refractivity contribution >= 4 is 17.8 Å². The lowest BCUT2D eigenvalue weighted by atomic mass is 10.1. The minimum absolute atomic E-state index is 0.0416. The molecule has 2 heterocycles. The molecule has 8 heteroatoms. The summed E-state index contributed by atoms with van der Waals surface area (Å²) in [6.45, 7) is 10.6. The smallest absolute Gasteiger partial charge is 0.342 e. The number of unbranched alkanes of at least 4 members (excludes halogenated alkanes) is 4. The van der Waals surface area contributed by atoms with Crippen molar-refractivity contribution in [2.75, 3.05) is 19.6 Å². The van der Waals surface area contributed by atoms with Crippen LogP contribution in [0.5, 0.6) is 0 Å². The van der Waals surface area contributed by atoms with Crippen LogP contribution in [0.15, 0.2) is 30.3 Å². The number of piperazine rings is 1. The Balaban J connectivity index is 1.80. The van der Waals surface area contributed by atoms with Crippen LogP contribution in [-0.2, 0) is 9.53 Å². The minimum Gasteiger partial charge on any atom is -0.459 e. The molecule has 1 aliphatic heterocycles. The molecule has 8 nitrogen and oxygen atoms in total. The first-order chi connectivity index (χ1) is 17.7. The van der Waals surface area contributed by atoms with Crippen LogP contribution in [0.2, 0.25) is 0 Å². The molecule has 0 N–H and O–H groups in total. The third kappa shape index (κ3) is 7.37. The minimum atomic E-state index is -0.611. The maximum atomic E-state index is 13.8. The van der Waals surface area contributed by atoms with Gasteiger partial charge >= 0.3 is 5.97 Å². The number of benzene rings is 1. The number of aromatic nitrogens is 2. The third-order valence-corrected chi connectivity index (χ3v) is 6.60. The van der Waals surface area contributed by atoms with Crippen LogP contribution < -0.4 is 0 Å². The Kier molecular flexibility index (Phi) is 10.2. The van der Waals surface area contributed by atoms with Gasteiger partial charge < -0.3 is 14.5 Å². The average molecular weight is 509 g/mol. The number of aryl methyl sites for hydroxylation is 1. The lowest BCUT2D eigenvalue weighted by Gasteiger charge is -2.40. The van der Waals surface area contributed by atoms with Crippen LogP contribution in [0.4, 0.5) is 0 Å². The maximum Gasteiger partial charge on any atom is 0.342 e. The molecule has 1 fully saturated rings. The number of hydrogen-bond donors (Lipinski definition) is 0. The summed E-state index contributed by atoms with van der Waals surface area (Å²) < 4.78 is 5.43. The molecular weight excluding hydrogens is 468 g/mol. The Hall–Kier alpha value is -3.29. The van der Waals surface area contributed by atoms with Crippen molar-refractivity contribution in [3.05, 3.63) is 47.3 Å². The predicted molar refractivity (Wildman–Crippen MR) is 143 cm³/mol. The van der Waals surface area contributed by atoms with Crippen molar-refractivity contribution in [1.29, 1.82) is 0 Å². The molecule has 1 aliphatic rings. The number of amides is 2. The molecule has 0 radical (unpaired) electrons. The fourth-order valence-corrected chi connectivity index (χ4v) is 4.65. The number of nitrogens with zero attached hydrogens (tertiary/aromatic N) is 4. The number of hydrogen-bond acceptors (Lipinski definition) is 6. The first kappa shape index (κ1) is 28.3. The van der Waals surface area contributed by atoms with E-state index in [-0.39, 0.29) is 35.2 Å². The summed E-state index contributed by atoms with van der Waals surface area (Å²) in [5.74, 6) is -0.439. The second-order valence-corrected chi connectivity index (χ2v) is 10.0. The highest BCUT2D eigenvalue weighted by atomic mass is 16.5. The monoisotopic (exact) mass is 508 g/mol. The molecular formula is C29H40N4O4. The Bertz CT molecular complexity index is 1090. The number of carbonyl (C=O) groups is 3. The van der Waals surface area contributed by atoms with Crippen molar-refractivity contribution in [3.8, 4) is 11.4 Å². The topological polar surface area (TPSA) is 92.7 Å². The maximum absolute atomic E-state index is 13.8. The van der Waals surface area contributed by atoms with E-state index in [4.69, 9.17) is 4.74 Å². The molecule has 1 saturated heterocycles. The molecule has 2 amide bonds. The lowest BCUT2D eigenvalue weighted by molar-refractivity contribution is -0.135. The summed E-state index contributed by atoms with van der Waals surface area (Å²) in [6.07, 6.45) is 5.70. The van der Waals surface area contributed by atoms with Gasteiger partial charge in [0.2, 0.25) is 5.91 Å². The number of esters is 1. The Morgan fingerprint density at radius 3 is 2.38 bits per heavy atom. The summed E-state index contributed by atoms with van der Waals surface area (Å²) in [5.41, 5.74) is 1.29. The second kappa shape index (κ2) is 13.3. The quantitative estimate of drug-likeness (QED) is 0.329. The molecule has 0 spiro atoms. The van der Waals surface area contributed by atoms with Crippen LogP contribution in [0.1, 0.15) is 92.8 Å². The van der Waals surface area contributed by atoms with Crippen LogP contribution in [0.3, 0.4) is 0 Å². The summed E-state index contributed by atoms with van der Waals surface area (Å²) in [7, 11) is 0. The van der Waals surface area contributed by atoms with Crippen molar-refractivity contribution in [2.45, 2.75) is 85.3 Å². The van der Waals surface area contributed by atoms with Gasteiger partial charge in [-0.2, -0.15) is 0 Å². The van der Waals surface area contributed by atoms with E-state index < -0.39 is 5.97 Å². The molecule has 1 unspecified atom stereocenters. The van der Waals surface area contributed by atoms with Gasteiger partial charge in [0.15, 0.2) is 5.82 Å². The standard InChI is InChI=1S/C29H40N4O4/c1-6-7-8-9-13-16-24(34)33-18-17-32(19-21(33)4)28(35)26-25(29(36)37-20(2)3)22(5)30-27(31-26)23-14-11-10-12-15-23/h10-12,14-15,20-21H,6-9,13,16-19H2,1-5H3. The van der Waals surface area contributed by atoms with Gasteiger partial charge in [-0.3, -0.25) is 9.59 Å². The van der Waals surface area contributed by atoms with E-state index in [9.17, 15) is 14.4 Å². The molecule has 2 aromatic rings. The Morgan fingerprint density at radius 1 is 1.03 bits per heavy atom. The van der Waals surface area contributed by atoms with Crippen molar-refractivity contribution in [3.63, 3.8) is 0 Å². The number of rotatable bonds is 10. The second-order valence-electron chi connectivity index (χ2n) is 10.0. The fourth-order valence-electron chi connectivity index (χ4n) is 4.65. The van der Waals surface area contributed by atoms with Crippen LogP contribution in [0.25, 0.3) is 11.4 Å².